The highest BCUT2D eigenvalue weighted by Crippen LogP contribution is 2.39. The standard InChI is InChI=1S/C21H17NO3/c1-2-15-5-3-4-6-20(15)21(24,17-9-13-19(23)14-10-17)16-7-11-18(22-25)12-8-16/h2-14,23-24H,1H2. The lowest BCUT2D eigenvalue weighted by Crippen LogP contribution is -2.29. The Morgan fingerprint density at radius 1 is 0.880 bits per heavy atom. The summed E-state index contributed by atoms with van der Waals surface area (Å²) in [7, 11) is 0. The number of phenolic OH excluding ortho intramolecular Hbond substituents is 1. The predicted octanol–water partition coefficient (Wildman–Crippen LogP) is 4.72. The van der Waals surface area contributed by atoms with Gasteiger partial charge in [0.1, 0.15) is 17.0 Å². The van der Waals surface area contributed by atoms with Gasteiger partial charge in [-0.1, -0.05) is 61.2 Å². The lowest BCUT2D eigenvalue weighted by molar-refractivity contribution is 0.125. The van der Waals surface area contributed by atoms with Crippen molar-refractivity contribution in [3.63, 3.8) is 0 Å². The first-order valence-electron chi connectivity index (χ1n) is 7.77. The number of hydrogen-bond donors (Lipinski definition) is 2. The zero-order valence-corrected chi connectivity index (χ0v) is 13.5. The van der Waals surface area contributed by atoms with Gasteiger partial charge in [0, 0.05) is 0 Å². The minimum absolute atomic E-state index is 0.114. The number of benzene rings is 3. The summed E-state index contributed by atoms with van der Waals surface area (Å²) in [6.07, 6.45) is 1.68. The molecule has 3 rings (SSSR count). The van der Waals surface area contributed by atoms with Crippen LogP contribution in [0.2, 0.25) is 0 Å². The molecule has 0 saturated heterocycles. The molecule has 0 fully saturated rings. The van der Waals surface area contributed by atoms with E-state index < -0.39 is 5.60 Å². The van der Waals surface area contributed by atoms with Crippen molar-refractivity contribution in [3.8, 4) is 5.75 Å². The molecule has 0 aliphatic carbocycles. The molecule has 0 aliphatic rings. The Balaban J connectivity index is 2.28. The lowest BCUT2D eigenvalue weighted by Gasteiger charge is -2.31. The second-order valence-electron chi connectivity index (χ2n) is 5.69. The van der Waals surface area contributed by atoms with E-state index in [1.54, 1.807) is 42.5 Å². The molecular formula is C21H17NO3. The van der Waals surface area contributed by atoms with Crippen LogP contribution in [-0.2, 0) is 5.60 Å². The van der Waals surface area contributed by atoms with Gasteiger partial charge in [-0.2, -0.15) is 0 Å². The van der Waals surface area contributed by atoms with E-state index in [4.69, 9.17) is 0 Å². The summed E-state index contributed by atoms with van der Waals surface area (Å²) >= 11 is 0. The highest BCUT2D eigenvalue weighted by molar-refractivity contribution is 5.60. The fourth-order valence-corrected chi connectivity index (χ4v) is 2.95. The van der Waals surface area contributed by atoms with Gasteiger partial charge in [0.05, 0.1) is 0 Å². The van der Waals surface area contributed by atoms with Gasteiger partial charge >= 0.3 is 0 Å². The minimum atomic E-state index is -1.47. The Labute approximate surface area is 145 Å². The van der Waals surface area contributed by atoms with Crippen molar-refractivity contribution in [3.05, 3.63) is 107 Å². The molecule has 0 bridgehead atoms. The van der Waals surface area contributed by atoms with Crippen LogP contribution in [0, 0.1) is 4.91 Å². The summed E-state index contributed by atoms with van der Waals surface area (Å²) in [5, 5.41) is 24.2. The van der Waals surface area contributed by atoms with Crippen LogP contribution in [0.4, 0.5) is 5.69 Å². The van der Waals surface area contributed by atoms with Crippen molar-refractivity contribution in [2.45, 2.75) is 5.60 Å². The molecule has 25 heavy (non-hydrogen) atoms. The number of aromatic hydroxyl groups is 1. The molecule has 0 heterocycles. The quantitative estimate of drug-likeness (QED) is 0.525. The van der Waals surface area contributed by atoms with Gasteiger partial charge in [-0.3, -0.25) is 0 Å². The van der Waals surface area contributed by atoms with E-state index in [1.165, 1.54) is 12.1 Å². The number of phenols is 1. The van der Waals surface area contributed by atoms with Crippen molar-refractivity contribution in [1.29, 1.82) is 0 Å². The maximum Gasteiger partial charge on any atom is 0.141 e. The van der Waals surface area contributed by atoms with Crippen LogP contribution in [0.25, 0.3) is 6.08 Å². The smallest absolute Gasteiger partial charge is 0.141 e. The Bertz CT molecular complexity index is 901. The Hall–Kier alpha value is -3.24. The van der Waals surface area contributed by atoms with Crippen LogP contribution in [0.15, 0.2) is 84.6 Å². The molecule has 3 aromatic rings. The van der Waals surface area contributed by atoms with E-state index >= 15 is 0 Å². The largest absolute Gasteiger partial charge is 0.508 e. The van der Waals surface area contributed by atoms with E-state index in [0.29, 0.717) is 16.7 Å². The van der Waals surface area contributed by atoms with Crippen LogP contribution in [0.5, 0.6) is 5.75 Å². The highest BCUT2D eigenvalue weighted by Gasteiger charge is 2.35. The van der Waals surface area contributed by atoms with Gasteiger partial charge in [0.15, 0.2) is 0 Å². The molecule has 124 valence electrons. The maximum absolute atomic E-state index is 11.8. The molecule has 0 radical (unpaired) electrons. The normalized spacial score (nSPS) is 13.0. The van der Waals surface area contributed by atoms with Crippen molar-refractivity contribution >= 4 is 11.8 Å². The average Bonchev–Trinajstić information content (AvgIpc) is 2.68. The van der Waals surface area contributed by atoms with E-state index in [9.17, 15) is 15.1 Å². The molecule has 0 amide bonds. The van der Waals surface area contributed by atoms with Crippen LogP contribution in [0.3, 0.4) is 0 Å². The zero-order valence-electron chi connectivity index (χ0n) is 13.5. The third-order valence-corrected chi connectivity index (χ3v) is 4.25. The highest BCUT2D eigenvalue weighted by atomic mass is 16.3. The van der Waals surface area contributed by atoms with Crippen molar-refractivity contribution in [2.75, 3.05) is 0 Å². The van der Waals surface area contributed by atoms with Gasteiger partial charge in [0.2, 0.25) is 0 Å². The summed E-state index contributed by atoms with van der Waals surface area (Å²) in [6, 6.07) is 20.3. The topological polar surface area (TPSA) is 69.9 Å². The molecule has 0 aliphatic heterocycles. The fraction of sp³-hybridized carbons (Fsp3) is 0.0476. The lowest BCUT2D eigenvalue weighted by atomic mass is 9.78. The van der Waals surface area contributed by atoms with E-state index in [2.05, 4.69) is 11.8 Å². The molecule has 1 atom stereocenters. The van der Waals surface area contributed by atoms with E-state index in [-0.39, 0.29) is 11.4 Å². The first-order valence-corrected chi connectivity index (χ1v) is 7.77. The van der Waals surface area contributed by atoms with E-state index in [1.807, 2.05) is 24.3 Å². The van der Waals surface area contributed by atoms with Crippen molar-refractivity contribution < 1.29 is 10.2 Å². The number of rotatable bonds is 5. The second-order valence-corrected chi connectivity index (χ2v) is 5.69. The molecule has 4 nitrogen and oxygen atoms in total. The molecule has 0 aromatic heterocycles. The number of nitroso groups, excluding NO2 is 1. The SMILES string of the molecule is C=Cc1ccccc1C(O)(c1ccc(O)cc1)c1ccc(N=O)cc1. The molecule has 1 unspecified atom stereocenters. The zero-order chi connectivity index (χ0) is 17.9. The molecule has 0 spiro atoms. The van der Waals surface area contributed by atoms with Crippen LogP contribution in [0.1, 0.15) is 22.3 Å². The monoisotopic (exact) mass is 331 g/mol. The average molecular weight is 331 g/mol. The van der Waals surface area contributed by atoms with E-state index in [0.717, 1.165) is 5.56 Å². The van der Waals surface area contributed by atoms with Crippen LogP contribution in [-0.4, -0.2) is 10.2 Å². The van der Waals surface area contributed by atoms with Gasteiger partial charge in [-0.15, -0.1) is 4.91 Å². The number of aliphatic hydroxyl groups is 1. The first kappa shape index (κ1) is 16.6. The van der Waals surface area contributed by atoms with Crippen molar-refractivity contribution in [2.24, 2.45) is 5.18 Å². The van der Waals surface area contributed by atoms with Gasteiger partial charge in [-0.25, -0.2) is 0 Å². The third-order valence-electron chi connectivity index (χ3n) is 4.25. The van der Waals surface area contributed by atoms with Gasteiger partial charge < -0.3 is 10.2 Å². The summed E-state index contributed by atoms with van der Waals surface area (Å²) in [5.74, 6) is 0.114. The second kappa shape index (κ2) is 6.71. The summed E-state index contributed by atoms with van der Waals surface area (Å²) < 4.78 is 0. The predicted molar refractivity (Wildman–Crippen MR) is 98.6 cm³/mol. The summed E-state index contributed by atoms with van der Waals surface area (Å²) in [4.78, 5) is 10.7. The molecule has 3 aromatic carbocycles. The maximum atomic E-state index is 11.8. The first-order chi connectivity index (χ1) is 12.1. The van der Waals surface area contributed by atoms with Crippen molar-refractivity contribution in [1.82, 2.24) is 0 Å². The summed E-state index contributed by atoms with van der Waals surface area (Å²) in [5.41, 5.74) is 1.43. The fourth-order valence-electron chi connectivity index (χ4n) is 2.95. The Morgan fingerprint density at radius 2 is 1.44 bits per heavy atom. The molecule has 4 heteroatoms. The Morgan fingerprint density at radius 3 is 2.00 bits per heavy atom. The summed E-state index contributed by atoms with van der Waals surface area (Å²) in [6.45, 7) is 3.83. The van der Waals surface area contributed by atoms with Crippen LogP contribution < -0.4 is 0 Å². The Kier molecular flexibility index (Phi) is 4.46. The van der Waals surface area contributed by atoms with Gasteiger partial charge in [0.25, 0.3) is 0 Å². The van der Waals surface area contributed by atoms with Gasteiger partial charge in [-0.05, 0) is 51.7 Å². The molecule has 0 saturated carbocycles. The number of hydrogen-bond acceptors (Lipinski definition) is 4. The van der Waals surface area contributed by atoms with Crippen LogP contribution >= 0.6 is 0 Å². The third kappa shape index (κ3) is 2.95. The number of nitrogens with zero attached hydrogens (tertiary/aromatic N) is 1. The minimum Gasteiger partial charge on any atom is -0.508 e. The molecular weight excluding hydrogens is 314 g/mol. The molecule has 2 N–H and O–H groups in total.